The molecule has 7 nitrogen and oxygen atoms in total. The molecule has 3 aliphatic rings. The first kappa shape index (κ1) is 13.9. The molecule has 2 bridgehead atoms. The zero-order valence-electron chi connectivity index (χ0n) is 13.4. The number of nitrogens with one attached hydrogen (secondary N) is 1. The van der Waals surface area contributed by atoms with Gasteiger partial charge in [0.15, 0.2) is 0 Å². The van der Waals surface area contributed by atoms with Crippen LogP contribution < -0.4 is 10.1 Å². The van der Waals surface area contributed by atoms with Gasteiger partial charge < -0.3 is 10.1 Å². The molecule has 1 aromatic carbocycles. The summed E-state index contributed by atoms with van der Waals surface area (Å²) in [7, 11) is 1.59. The van der Waals surface area contributed by atoms with Gasteiger partial charge in [-0.2, -0.15) is 4.68 Å². The van der Waals surface area contributed by atoms with Crippen molar-refractivity contribution in [1.29, 1.82) is 0 Å². The molecule has 4 unspecified atom stereocenters. The van der Waals surface area contributed by atoms with Gasteiger partial charge in [-0.25, -0.2) is 0 Å². The molecule has 3 aliphatic carbocycles. The Morgan fingerprint density at radius 2 is 2.08 bits per heavy atom. The Hall–Kier alpha value is -2.44. The highest BCUT2D eigenvalue weighted by Gasteiger charge is 2.65. The van der Waals surface area contributed by atoms with Crippen LogP contribution in [-0.2, 0) is 0 Å². The topological polar surface area (TPSA) is 81.9 Å². The summed E-state index contributed by atoms with van der Waals surface area (Å²) >= 11 is 0. The molecule has 124 valence electrons. The minimum absolute atomic E-state index is 0.0224. The van der Waals surface area contributed by atoms with Crippen molar-refractivity contribution in [2.24, 2.45) is 23.7 Å². The highest BCUT2D eigenvalue weighted by Crippen LogP contribution is 2.65. The maximum Gasteiger partial charge on any atom is 0.251 e. The summed E-state index contributed by atoms with van der Waals surface area (Å²) in [6.45, 7) is 0. The third-order valence-corrected chi connectivity index (χ3v) is 6.07. The minimum Gasteiger partial charge on any atom is -0.494 e. The largest absolute Gasteiger partial charge is 0.494 e. The summed E-state index contributed by atoms with van der Waals surface area (Å²) in [5.41, 5.74) is 1.27. The van der Waals surface area contributed by atoms with Crippen LogP contribution in [0.4, 0.5) is 0 Å². The van der Waals surface area contributed by atoms with Crippen LogP contribution in [0.5, 0.6) is 5.75 Å². The highest BCUT2D eigenvalue weighted by molar-refractivity contribution is 5.95. The molecule has 3 saturated carbocycles. The highest BCUT2D eigenvalue weighted by atomic mass is 16.5. The third-order valence-electron chi connectivity index (χ3n) is 6.07. The van der Waals surface area contributed by atoms with Gasteiger partial charge >= 0.3 is 0 Å². The Bertz CT molecular complexity index is 774. The van der Waals surface area contributed by atoms with Crippen LogP contribution in [0.2, 0.25) is 0 Å². The van der Waals surface area contributed by atoms with Gasteiger partial charge in [0, 0.05) is 11.6 Å². The van der Waals surface area contributed by atoms with E-state index in [0.29, 0.717) is 23.0 Å². The smallest absolute Gasteiger partial charge is 0.251 e. The molecule has 0 spiro atoms. The van der Waals surface area contributed by atoms with Gasteiger partial charge in [-0.3, -0.25) is 4.79 Å². The first-order valence-electron chi connectivity index (χ1n) is 8.48. The van der Waals surface area contributed by atoms with Crippen LogP contribution in [0.15, 0.2) is 24.5 Å². The molecular formula is C17H19N5O2. The van der Waals surface area contributed by atoms with E-state index in [1.807, 2.05) is 0 Å². The van der Waals surface area contributed by atoms with E-state index < -0.39 is 0 Å². The van der Waals surface area contributed by atoms with E-state index in [-0.39, 0.29) is 5.91 Å². The van der Waals surface area contributed by atoms with Crippen molar-refractivity contribution in [3.05, 3.63) is 30.1 Å². The Morgan fingerprint density at radius 1 is 1.29 bits per heavy atom. The predicted molar refractivity (Wildman–Crippen MR) is 84.8 cm³/mol. The van der Waals surface area contributed by atoms with E-state index in [0.717, 1.165) is 23.7 Å². The Kier molecular flexibility index (Phi) is 2.92. The number of methoxy groups -OCH3 is 1. The van der Waals surface area contributed by atoms with Crippen molar-refractivity contribution in [1.82, 2.24) is 25.5 Å². The van der Waals surface area contributed by atoms with Crippen molar-refractivity contribution in [2.75, 3.05) is 7.11 Å². The average molecular weight is 325 g/mol. The number of nitrogens with zero attached hydrogens (tertiary/aromatic N) is 4. The number of benzene rings is 1. The van der Waals surface area contributed by atoms with E-state index in [1.54, 1.807) is 25.3 Å². The van der Waals surface area contributed by atoms with Crippen LogP contribution in [0.25, 0.3) is 5.69 Å². The van der Waals surface area contributed by atoms with Gasteiger partial charge in [-0.1, -0.05) is 0 Å². The molecule has 0 saturated heterocycles. The molecule has 0 aliphatic heterocycles. The summed E-state index contributed by atoms with van der Waals surface area (Å²) in [5, 5.41) is 14.4. The predicted octanol–water partition coefficient (Wildman–Crippen LogP) is 1.45. The van der Waals surface area contributed by atoms with Gasteiger partial charge in [0.2, 0.25) is 0 Å². The molecule has 0 radical (unpaired) electrons. The Morgan fingerprint density at radius 3 is 2.75 bits per heavy atom. The van der Waals surface area contributed by atoms with Gasteiger partial charge in [0.1, 0.15) is 17.8 Å². The van der Waals surface area contributed by atoms with Crippen molar-refractivity contribution >= 4 is 5.91 Å². The van der Waals surface area contributed by atoms with E-state index in [4.69, 9.17) is 4.74 Å². The zero-order valence-corrected chi connectivity index (χ0v) is 13.4. The number of hydrogen-bond acceptors (Lipinski definition) is 5. The Labute approximate surface area is 139 Å². The molecule has 3 fully saturated rings. The van der Waals surface area contributed by atoms with E-state index in [9.17, 15) is 4.79 Å². The van der Waals surface area contributed by atoms with Gasteiger partial charge in [0.25, 0.3) is 5.91 Å². The molecule has 1 amide bonds. The molecule has 1 aromatic heterocycles. The third kappa shape index (κ3) is 1.96. The van der Waals surface area contributed by atoms with E-state index in [2.05, 4.69) is 20.8 Å². The van der Waals surface area contributed by atoms with Crippen LogP contribution in [0.1, 0.15) is 29.6 Å². The number of ether oxygens (including phenoxy) is 1. The fraction of sp³-hybridized carbons (Fsp3) is 0.529. The van der Waals surface area contributed by atoms with Gasteiger partial charge in [-0.15, -0.1) is 5.10 Å². The molecular weight excluding hydrogens is 306 g/mol. The standard InChI is InChI=1S/C17H19N5O2/c1-24-13-5-4-11(7-12(13)22-8-18-20-21-22)17(23)19-16-14-9-2-3-10(6-9)15(14)16/h4-5,7-10,14-16H,2-3,6H2,1H3,(H,19,23). The van der Waals surface area contributed by atoms with E-state index in [1.165, 1.54) is 30.3 Å². The van der Waals surface area contributed by atoms with Crippen LogP contribution in [0, 0.1) is 23.7 Å². The normalized spacial score (nSPS) is 32.5. The van der Waals surface area contributed by atoms with Crippen LogP contribution in [0.3, 0.4) is 0 Å². The van der Waals surface area contributed by atoms with Gasteiger partial charge in [-0.05, 0) is 71.6 Å². The number of amides is 1. The lowest BCUT2D eigenvalue weighted by molar-refractivity contribution is 0.0944. The summed E-state index contributed by atoms with van der Waals surface area (Å²) in [6.07, 6.45) is 5.57. The fourth-order valence-electron chi connectivity index (χ4n) is 5.04. The monoisotopic (exact) mass is 325 g/mol. The summed E-state index contributed by atoms with van der Waals surface area (Å²) < 4.78 is 6.85. The first-order valence-corrected chi connectivity index (χ1v) is 8.48. The molecule has 1 N–H and O–H groups in total. The number of aromatic nitrogens is 4. The lowest BCUT2D eigenvalue weighted by Crippen LogP contribution is -2.30. The van der Waals surface area contributed by atoms with Crippen molar-refractivity contribution in [3.8, 4) is 11.4 Å². The quantitative estimate of drug-likeness (QED) is 0.920. The number of carbonyl (C=O) groups excluding carboxylic acids is 1. The van der Waals surface area contributed by atoms with E-state index >= 15 is 0 Å². The number of tetrazole rings is 1. The minimum atomic E-state index is -0.0224. The maximum absolute atomic E-state index is 12.7. The number of carbonyl (C=O) groups is 1. The molecule has 1 heterocycles. The number of rotatable bonds is 4. The number of hydrogen-bond donors (Lipinski definition) is 1. The fourth-order valence-corrected chi connectivity index (χ4v) is 5.04. The maximum atomic E-state index is 12.7. The second-order valence-electron chi connectivity index (χ2n) is 7.13. The summed E-state index contributed by atoms with van der Waals surface area (Å²) in [5.74, 6) is 3.75. The molecule has 24 heavy (non-hydrogen) atoms. The van der Waals surface area contributed by atoms with Crippen molar-refractivity contribution in [2.45, 2.75) is 25.3 Å². The average Bonchev–Trinajstić information content (AvgIpc) is 3.06. The first-order chi connectivity index (χ1) is 11.8. The van der Waals surface area contributed by atoms with Crippen molar-refractivity contribution < 1.29 is 9.53 Å². The summed E-state index contributed by atoms with van der Waals surface area (Å²) in [4.78, 5) is 12.7. The van der Waals surface area contributed by atoms with Crippen LogP contribution >= 0.6 is 0 Å². The second kappa shape index (κ2) is 5.03. The zero-order chi connectivity index (χ0) is 16.3. The molecule has 4 atom stereocenters. The van der Waals surface area contributed by atoms with Crippen molar-refractivity contribution in [3.63, 3.8) is 0 Å². The van der Waals surface area contributed by atoms with Crippen LogP contribution in [-0.4, -0.2) is 39.3 Å². The molecule has 7 heteroatoms. The second-order valence-corrected chi connectivity index (χ2v) is 7.13. The lowest BCUT2D eigenvalue weighted by Gasteiger charge is -2.12. The van der Waals surface area contributed by atoms with Gasteiger partial charge in [0.05, 0.1) is 7.11 Å². The SMILES string of the molecule is COc1ccc(C(=O)NC2C3C4CCC(C4)C23)cc1-n1cnnn1. The lowest BCUT2D eigenvalue weighted by atomic mass is 10.0. The number of fused-ring (bicyclic) bond motifs is 5. The molecule has 5 rings (SSSR count). The summed E-state index contributed by atoms with van der Waals surface area (Å²) in [6, 6.07) is 5.72. The Balaban J connectivity index is 1.37. The molecule has 2 aromatic rings.